The van der Waals surface area contributed by atoms with Crippen molar-refractivity contribution in [1.29, 1.82) is 0 Å². The van der Waals surface area contributed by atoms with Gasteiger partial charge in [0.2, 0.25) is 0 Å². The topological polar surface area (TPSA) is 91.4 Å². The molecule has 2 N–H and O–H groups in total. The minimum Gasteiger partial charge on any atom is -0.336 e. The Hall–Kier alpha value is -2.97. The fraction of sp³-hybridized carbons (Fsp3) is 0.238. The van der Waals surface area contributed by atoms with Crippen molar-refractivity contribution in [1.82, 2.24) is 15.2 Å². The van der Waals surface area contributed by atoms with Crippen LogP contribution in [0.5, 0.6) is 0 Å². The Bertz CT molecular complexity index is 1170. The van der Waals surface area contributed by atoms with Gasteiger partial charge < -0.3 is 10.2 Å². The molecule has 29 heavy (non-hydrogen) atoms. The standard InChI is InChI=1S/C21H22N4O3S/c1-15-14-17(21(26)25-12-10-22-11-13-25)7-8-18(15)24-29(27,28)19-6-2-4-16-5-3-9-23-20(16)19/h2-9,14,22,24H,10-13H2,1H3. The first kappa shape index (κ1) is 19.4. The number of piperazine rings is 1. The van der Waals surface area contributed by atoms with E-state index in [0.29, 0.717) is 35.4 Å². The Labute approximate surface area is 169 Å². The lowest BCUT2D eigenvalue weighted by Crippen LogP contribution is -2.46. The Morgan fingerprint density at radius 1 is 1.10 bits per heavy atom. The monoisotopic (exact) mass is 410 g/mol. The largest absolute Gasteiger partial charge is 0.336 e. The molecule has 2 heterocycles. The van der Waals surface area contributed by atoms with E-state index >= 15 is 0 Å². The van der Waals surface area contributed by atoms with Crippen LogP contribution >= 0.6 is 0 Å². The van der Waals surface area contributed by atoms with E-state index in [1.54, 1.807) is 48.4 Å². The van der Waals surface area contributed by atoms with Crippen molar-refractivity contribution in [2.24, 2.45) is 0 Å². The van der Waals surface area contributed by atoms with Gasteiger partial charge >= 0.3 is 0 Å². The number of fused-ring (bicyclic) bond motifs is 1. The lowest BCUT2D eigenvalue weighted by atomic mass is 10.1. The number of carbonyl (C=O) groups excluding carboxylic acids is 1. The number of nitrogens with zero attached hydrogens (tertiary/aromatic N) is 2. The van der Waals surface area contributed by atoms with Crippen molar-refractivity contribution in [3.8, 4) is 0 Å². The van der Waals surface area contributed by atoms with Crippen molar-refractivity contribution in [2.75, 3.05) is 30.9 Å². The van der Waals surface area contributed by atoms with Gasteiger partial charge in [-0.15, -0.1) is 0 Å². The minimum absolute atomic E-state index is 0.0396. The lowest BCUT2D eigenvalue weighted by Gasteiger charge is -2.27. The maximum atomic E-state index is 13.0. The van der Waals surface area contributed by atoms with Gasteiger partial charge in [-0.05, 0) is 42.8 Å². The van der Waals surface area contributed by atoms with Crippen molar-refractivity contribution < 1.29 is 13.2 Å². The molecule has 0 radical (unpaired) electrons. The van der Waals surface area contributed by atoms with Crippen LogP contribution in [0, 0.1) is 6.92 Å². The molecule has 8 heteroatoms. The Kier molecular flexibility index (Phi) is 5.21. The zero-order valence-corrected chi connectivity index (χ0v) is 16.9. The lowest BCUT2D eigenvalue weighted by molar-refractivity contribution is 0.0735. The second-order valence-electron chi connectivity index (χ2n) is 7.01. The first-order valence-corrected chi connectivity index (χ1v) is 10.9. The van der Waals surface area contributed by atoms with E-state index in [1.807, 2.05) is 12.1 Å². The molecular formula is C21H22N4O3S. The van der Waals surface area contributed by atoms with Gasteiger partial charge in [0, 0.05) is 43.3 Å². The molecule has 1 fully saturated rings. The van der Waals surface area contributed by atoms with Gasteiger partial charge in [-0.1, -0.05) is 18.2 Å². The Balaban J connectivity index is 1.61. The van der Waals surface area contributed by atoms with Crippen LogP contribution in [0.15, 0.2) is 59.6 Å². The normalized spacial score (nSPS) is 14.7. The maximum absolute atomic E-state index is 13.0. The van der Waals surface area contributed by atoms with Crippen LogP contribution < -0.4 is 10.0 Å². The SMILES string of the molecule is Cc1cc(C(=O)N2CCNCC2)ccc1NS(=O)(=O)c1cccc2cccnc12. The second-order valence-corrected chi connectivity index (χ2v) is 8.66. The number of para-hydroxylation sites is 1. The highest BCUT2D eigenvalue weighted by atomic mass is 32.2. The average Bonchev–Trinajstić information content (AvgIpc) is 2.74. The van der Waals surface area contributed by atoms with Gasteiger partial charge in [0.15, 0.2) is 0 Å². The predicted octanol–water partition coefficient (Wildman–Crippen LogP) is 2.39. The van der Waals surface area contributed by atoms with Gasteiger partial charge in [0.1, 0.15) is 4.90 Å². The smallest absolute Gasteiger partial charge is 0.264 e. The molecule has 1 aliphatic heterocycles. The summed E-state index contributed by atoms with van der Waals surface area (Å²) in [5, 5.41) is 3.97. The zero-order valence-electron chi connectivity index (χ0n) is 16.1. The zero-order chi connectivity index (χ0) is 20.4. The van der Waals surface area contributed by atoms with Crippen molar-refractivity contribution in [2.45, 2.75) is 11.8 Å². The summed E-state index contributed by atoms with van der Waals surface area (Å²) in [6.45, 7) is 4.68. The molecule has 0 saturated carbocycles. The maximum Gasteiger partial charge on any atom is 0.264 e. The van der Waals surface area contributed by atoms with Gasteiger partial charge in [-0.3, -0.25) is 14.5 Å². The third-order valence-corrected chi connectivity index (χ3v) is 6.40. The van der Waals surface area contributed by atoms with Gasteiger partial charge in [-0.25, -0.2) is 8.42 Å². The molecule has 0 bridgehead atoms. The molecule has 7 nitrogen and oxygen atoms in total. The molecule has 0 aliphatic carbocycles. The first-order chi connectivity index (χ1) is 14.0. The number of hydrogen-bond donors (Lipinski definition) is 2. The Morgan fingerprint density at radius 2 is 1.86 bits per heavy atom. The van der Waals surface area contributed by atoms with Crippen LogP contribution in [0.4, 0.5) is 5.69 Å². The number of aromatic nitrogens is 1. The number of benzene rings is 2. The number of pyridine rings is 1. The molecule has 4 rings (SSSR count). The molecule has 0 spiro atoms. The average molecular weight is 410 g/mol. The molecule has 1 amide bonds. The van der Waals surface area contributed by atoms with Crippen LogP contribution in [0.1, 0.15) is 15.9 Å². The van der Waals surface area contributed by atoms with Crippen molar-refractivity contribution >= 4 is 32.5 Å². The summed E-state index contributed by atoms with van der Waals surface area (Å²) in [5.41, 5.74) is 2.10. The van der Waals surface area contributed by atoms with Gasteiger partial charge in [0.05, 0.1) is 11.2 Å². The number of anilines is 1. The molecule has 1 saturated heterocycles. The summed E-state index contributed by atoms with van der Waals surface area (Å²) in [5.74, 6) is -0.0396. The van der Waals surface area contributed by atoms with Crippen LogP contribution in [-0.4, -0.2) is 50.4 Å². The fourth-order valence-corrected chi connectivity index (χ4v) is 4.77. The van der Waals surface area contributed by atoms with E-state index in [-0.39, 0.29) is 10.8 Å². The van der Waals surface area contributed by atoms with Crippen LogP contribution in [0.2, 0.25) is 0 Å². The molecule has 1 aliphatic rings. The fourth-order valence-electron chi connectivity index (χ4n) is 3.45. The molecule has 0 unspecified atom stereocenters. The summed E-state index contributed by atoms with van der Waals surface area (Å²) < 4.78 is 28.6. The molecule has 0 atom stereocenters. The first-order valence-electron chi connectivity index (χ1n) is 9.43. The highest BCUT2D eigenvalue weighted by molar-refractivity contribution is 7.93. The number of sulfonamides is 1. The van der Waals surface area contributed by atoms with Gasteiger partial charge in [-0.2, -0.15) is 0 Å². The van der Waals surface area contributed by atoms with E-state index in [4.69, 9.17) is 0 Å². The quantitative estimate of drug-likeness (QED) is 0.689. The number of rotatable bonds is 4. The van der Waals surface area contributed by atoms with Crippen molar-refractivity contribution in [3.05, 3.63) is 65.9 Å². The van der Waals surface area contributed by atoms with E-state index in [0.717, 1.165) is 18.5 Å². The highest BCUT2D eigenvalue weighted by Crippen LogP contribution is 2.25. The van der Waals surface area contributed by atoms with Crippen LogP contribution in [0.3, 0.4) is 0 Å². The van der Waals surface area contributed by atoms with E-state index in [1.165, 1.54) is 6.07 Å². The summed E-state index contributed by atoms with van der Waals surface area (Å²) >= 11 is 0. The third-order valence-electron chi connectivity index (χ3n) is 5.01. The molecule has 150 valence electrons. The molecule has 2 aromatic carbocycles. The number of hydrogen-bond acceptors (Lipinski definition) is 5. The molecular weight excluding hydrogens is 388 g/mol. The van der Waals surface area contributed by atoms with Crippen LogP contribution in [-0.2, 0) is 10.0 Å². The number of nitrogens with one attached hydrogen (secondary N) is 2. The Morgan fingerprint density at radius 3 is 2.62 bits per heavy atom. The minimum atomic E-state index is -3.83. The highest BCUT2D eigenvalue weighted by Gasteiger charge is 2.21. The second kappa shape index (κ2) is 7.81. The third kappa shape index (κ3) is 3.94. The number of aryl methyl sites for hydroxylation is 1. The molecule has 3 aromatic rings. The predicted molar refractivity (Wildman–Crippen MR) is 113 cm³/mol. The molecule has 1 aromatic heterocycles. The van der Waals surface area contributed by atoms with Crippen molar-refractivity contribution in [3.63, 3.8) is 0 Å². The van der Waals surface area contributed by atoms with Crippen LogP contribution in [0.25, 0.3) is 10.9 Å². The van der Waals surface area contributed by atoms with Gasteiger partial charge in [0.25, 0.3) is 15.9 Å². The van der Waals surface area contributed by atoms with E-state index < -0.39 is 10.0 Å². The summed E-state index contributed by atoms with van der Waals surface area (Å²) in [6.07, 6.45) is 1.57. The van der Waals surface area contributed by atoms with E-state index in [9.17, 15) is 13.2 Å². The number of carbonyl (C=O) groups is 1. The summed E-state index contributed by atoms with van der Waals surface area (Å²) in [6, 6.07) is 13.7. The van der Waals surface area contributed by atoms with E-state index in [2.05, 4.69) is 15.0 Å². The number of amides is 1. The summed E-state index contributed by atoms with van der Waals surface area (Å²) in [7, 11) is -3.83. The summed E-state index contributed by atoms with van der Waals surface area (Å²) in [4.78, 5) is 18.8.